The Bertz CT molecular complexity index is 281. The molecule has 2 saturated heterocycles. The Balaban J connectivity index is 2.03. The maximum atomic E-state index is 6.30. The second kappa shape index (κ2) is 8.79. The van der Waals surface area contributed by atoms with Gasteiger partial charge in [0.25, 0.3) is 0 Å². The van der Waals surface area contributed by atoms with Crippen molar-refractivity contribution in [3.05, 3.63) is 0 Å². The average Bonchev–Trinajstić information content (AvgIpc) is 2.52. The molecule has 3 heteroatoms. The molecular formula is C18H35NOS. The highest BCUT2D eigenvalue weighted by Crippen LogP contribution is 2.42. The first-order valence-corrected chi connectivity index (χ1v) is 10.3. The summed E-state index contributed by atoms with van der Waals surface area (Å²) in [6.45, 7) is 9.16. The molecule has 2 nitrogen and oxygen atoms in total. The Hall–Kier alpha value is 0.270. The third-order valence-corrected chi connectivity index (χ3v) is 6.62. The van der Waals surface area contributed by atoms with E-state index in [4.69, 9.17) is 4.74 Å². The zero-order valence-electron chi connectivity index (χ0n) is 14.3. The summed E-state index contributed by atoms with van der Waals surface area (Å²) in [6, 6.07) is 0.704. The van der Waals surface area contributed by atoms with Gasteiger partial charge in [0.15, 0.2) is 0 Å². The molecule has 2 atom stereocenters. The highest BCUT2D eigenvalue weighted by atomic mass is 32.2. The maximum Gasteiger partial charge on any atom is 0.0701 e. The van der Waals surface area contributed by atoms with E-state index in [1.807, 2.05) is 0 Å². The van der Waals surface area contributed by atoms with Gasteiger partial charge in [-0.1, -0.05) is 33.6 Å². The van der Waals surface area contributed by atoms with Crippen LogP contribution in [0.4, 0.5) is 0 Å². The summed E-state index contributed by atoms with van der Waals surface area (Å²) >= 11 is 2.11. The van der Waals surface area contributed by atoms with Crippen molar-refractivity contribution in [3.8, 4) is 0 Å². The van der Waals surface area contributed by atoms with Crippen molar-refractivity contribution in [1.82, 2.24) is 5.32 Å². The van der Waals surface area contributed by atoms with Gasteiger partial charge in [-0.15, -0.1) is 0 Å². The van der Waals surface area contributed by atoms with E-state index < -0.39 is 0 Å². The molecule has 2 rings (SSSR count). The third-order valence-electron chi connectivity index (χ3n) is 5.63. The van der Waals surface area contributed by atoms with E-state index in [1.165, 1.54) is 63.0 Å². The van der Waals surface area contributed by atoms with Crippen LogP contribution in [-0.2, 0) is 4.74 Å². The van der Waals surface area contributed by atoms with Crippen LogP contribution in [0.2, 0.25) is 0 Å². The zero-order chi connectivity index (χ0) is 15.1. The second-order valence-electron chi connectivity index (χ2n) is 6.95. The average molecular weight is 314 g/mol. The fraction of sp³-hybridized carbons (Fsp3) is 1.00. The van der Waals surface area contributed by atoms with Gasteiger partial charge in [0.1, 0.15) is 0 Å². The van der Waals surface area contributed by atoms with Crippen LogP contribution in [0.5, 0.6) is 0 Å². The summed E-state index contributed by atoms with van der Waals surface area (Å²) in [4.78, 5) is 0. The third kappa shape index (κ3) is 4.62. The van der Waals surface area contributed by atoms with Crippen LogP contribution < -0.4 is 5.32 Å². The molecule has 2 aliphatic heterocycles. The van der Waals surface area contributed by atoms with Crippen molar-refractivity contribution in [2.45, 2.75) is 77.4 Å². The van der Waals surface area contributed by atoms with Gasteiger partial charge in [0, 0.05) is 12.6 Å². The highest BCUT2D eigenvalue weighted by molar-refractivity contribution is 7.99. The van der Waals surface area contributed by atoms with E-state index in [-0.39, 0.29) is 5.60 Å². The number of thioether (sulfide) groups is 1. The predicted molar refractivity (Wildman–Crippen MR) is 94.1 cm³/mol. The summed E-state index contributed by atoms with van der Waals surface area (Å²) < 4.78 is 6.30. The Kier molecular flexibility index (Phi) is 7.37. The molecule has 0 aromatic carbocycles. The van der Waals surface area contributed by atoms with Crippen molar-refractivity contribution < 1.29 is 4.74 Å². The Morgan fingerprint density at radius 2 is 1.90 bits per heavy atom. The van der Waals surface area contributed by atoms with Gasteiger partial charge in [-0.25, -0.2) is 0 Å². The van der Waals surface area contributed by atoms with Gasteiger partial charge >= 0.3 is 0 Å². The van der Waals surface area contributed by atoms with E-state index >= 15 is 0 Å². The molecule has 0 aliphatic carbocycles. The molecule has 1 N–H and O–H groups in total. The summed E-state index contributed by atoms with van der Waals surface area (Å²) in [5, 5.41) is 3.90. The smallest absolute Gasteiger partial charge is 0.0701 e. The largest absolute Gasteiger partial charge is 0.375 e. The topological polar surface area (TPSA) is 21.3 Å². The number of hydrogen-bond acceptors (Lipinski definition) is 3. The van der Waals surface area contributed by atoms with E-state index in [0.717, 1.165) is 18.4 Å². The summed E-state index contributed by atoms with van der Waals surface area (Å²) in [6.07, 6.45) is 8.95. The van der Waals surface area contributed by atoms with E-state index in [9.17, 15) is 0 Å². The maximum absolute atomic E-state index is 6.30. The van der Waals surface area contributed by atoms with Crippen LogP contribution in [0.25, 0.3) is 0 Å². The van der Waals surface area contributed by atoms with Gasteiger partial charge in [-0.05, 0) is 62.0 Å². The SMILES string of the molecule is CCCNC(C(CC)CC)C1CCOC2(CCSCC2)C1. The number of ether oxygens (including phenoxy) is 1. The Morgan fingerprint density at radius 1 is 1.19 bits per heavy atom. The summed E-state index contributed by atoms with van der Waals surface area (Å²) in [5.41, 5.74) is 0.229. The van der Waals surface area contributed by atoms with Crippen LogP contribution in [0.15, 0.2) is 0 Å². The molecular weight excluding hydrogens is 278 g/mol. The number of hydrogen-bond donors (Lipinski definition) is 1. The monoisotopic (exact) mass is 313 g/mol. The molecule has 21 heavy (non-hydrogen) atoms. The van der Waals surface area contributed by atoms with Gasteiger partial charge < -0.3 is 10.1 Å². The minimum atomic E-state index is 0.229. The standard InChI is InChI=1S/C18H35NOS/c1-4-10-19-17(15(5-2)6-3)16-7-11-20-18(14-16)8-12-21-13-9-18/h15-17,19H,4-14H2,1-3H3. The molecule has 0 bridgehead atoms. The predicted octanol–water partition coefficient (Wildman–Crippen LogP) is 4.48. The second-order valence-corrected chi connectivity index (χ2v) is 8.18. The van der Waals surface area contributed by atoms with Crippen LogP contribution in [0, 0.1) is 11.8 Å². The lowest BCUT2D eigenvalue weighted by Crippen LogP contribution is -2.50. The molecule has 1 spiro atoms. The van der Waals surface area contributed by atoms with Crippen molar-refractivity contribution in [1.29, 1.82) is 0 Å². The molecule has 2 aliphatic rings. The first-order valence-electron chi connectivity index (χ1n) is 9.19. The van der Waals surface area contributed by atoms with Crippen LogP contribution in [0.1, 0.15) is 65.7 Å². The van der Waals surface area contributed by atoms with Crippen LogP contribution >= 0.6 is 11.8 Å². The minimum Gasteiger partial charge on any atom is -0.375 e. The van der Waals surface area contributed by atoms with Crippen LogP contribution in [-0.4, -0.2) is 36.3 Å². The molecule has 0 radical (unpaired) electrons. The molecule has 124 valence electrons. The Morgan fingerprint density at radius 3 is 2.52 bits per heavy atom. The molecule has 0 saturated carbocycles. The number of rotatable bonds is 7. The first-order chi connectivity index (χ1) is 10.2. The zero-order valence-corrected chi connectivity index (χ0v) is 15.1. The molecule has 0 aromatic heterocycles. The Labute approximate surface area is 136 Å². The first kappa shape index (κ1) is 17.6. The molecule has 2 unspecified atom stereocenters. The lowest BCUT2D eigenvalue weighted by atomic mass is 9.74. The highest BCUT2D eigenvalue weighted by Gasteiger charge is 2.41. The van der Waals surface area contributed by atoms with Gasteiger partial charge in [0.05, 0.1) is 5.60 Å². The summed E-state index contributed by atoms with van der Waals surface area (Å²) in [7, 11) is 0. The fourth-order valence-corrected chi connectivity index (χ4v) is 5.53. The lowest BCUT2D eigenvalue weighted by Gasteiger charge is -2.47. The van der Waals surface area contributed by atoms with E-state index in [1.54, 1.807) is 0 Å². The van der Waals surface area contributed by atoms with E-state index in [2.05, 4.69) is 37.8 Å². The quantitative estimate of drug-likeness (QED) is 0.748. The normalized spacial score (nSPS) is 27.1. The molecule has 2 heterocycles. The molecule has 0 aromatic rings. The van der Waals surface area contributed by atoms with Crippen molar-refractivity contribution in [2.75, 3.05) is 24.7 Å². The van der Waals surface area contributed by atoms with E-state index in [0.29, 0.717) is 6.04 Å². The number of nitrogens with one attached hydrogen (secondary N) is 1. The minimum absolute atomic E-state index is 0.229. The van der Waals surface area contributed by atoms with Crippen LogP contribution in [0.3, 0.4) is 0 Å². The summed E-state index contributed by atoms with van der Waals surface area (Å²) in [5.74, 6) is 4.24. The van der Waals surface area contributed by atoms with Crippen molar-refractivity contribution >= 4 is 11.8 Å². The van der Waals surface area contributed by atoms with Crippen molar-refractivity contribution in [2.24, 2.45) is 11.8 Å². The molecule has 2 fully saturated rings. The fourth-order valence-electron chi connectivity index (χ4n) is 4.29. The van der Waals surface area contributed by atoms with Gasteiger partial charge in [0.2, 0.25) is 0 Å². The van der Waals surface area contributed by atoms with Crippen molar-refractivity contribution in [3.63, 3.8) is 0 Å². The van der Waals surface area contributed by atoms with Gasteiger partial charge in [-0.3, -0.25) is 0 Å². The molecule has 0 amide bonds. The van der Waals surface area contributed by atoms with Gasteiger partial charge in [-0.2, -0.15) is 11.8 Å². The lowest BCUT2D eigenvalue weighted by molar-refractivity contribution is -0.110.